The van der Waals surface area contributed by atoms with Crippen LogP contribution in [0.15, 0.2) is 36.4 Å². The Morgan fingerprint density at radius 2 is 1.79 bits per heavy atom. The Bertz CT molecular complexity index is 713. The minimum atomic E-state index is -0.307. The maximum Gasteiger partial charge on any atom is 0.310 e. The lowest BCUT2D eigenvalue weighted by molar-refractivity contribution is -0.134. The van der Waals surface area contributed by atoms with E-state index in [4.69, 9.17) is 25.8 Å². The van der Waals surface area contributed by atoms with Crippen LogP contribution in [0.1, 0.15) is 31.4 Å². The van der Waals surface area contributed by atoms with Crippen molar-refractivity contribution in [3.63, 3.8) is 0 Å². The SMILES string of the molecule is CCOc1cccc(OC(=O)CC)c1COc1ccc(C)cc1Cl. The molecule has 0 aliphatic carbocycles. The minimum absolute atomic E-state index is 0.186. The van der Waals surface area contributed by atoms with Gasteiger partial charge in [-0.2, -0.15) is 0 Å². The number of esters is 1. The molecule has 0 heterocycles. The molecule has 2 rings (SSSR count). The first-order chi connectivity index (χ1) is 11.5. The predicted molar refractivity (Wildman–Crippen MR) is 94.1 cm³/mol. The Kier molecular flexibility index (Phi) is 6.50. The molecule has 0 bridgehead atoms. The van der Waals surface area contributed by atoms with Crippen molar-refractivity contribution >= 4 is 17.6 Å². The molecule has 2 aromatic rings. The van der Waals surface area contributed by atoms with Crippen molar-refractivity contribution in [1.82, 2.24) is 0 Å². The first-order valence-electron chi connectivity index (χ1n) is 7.89. The number of carbonyl (C=O) groups is 1. The smallest absolute Gasteiger partial charge is 0.310 e. The summed E-state index contributed by atoms with van der Waals surface area (Å²) >= 11 is 6.20. The van der Waals surface area contributed by atoms with Gasteiger partial charge in [-0.3, -0.25) is 4.79 Å². The quantitative estimate of drug-likeness (QED) is 0.525. The third-order valence-corrected chi connectivity index (χ3v) is 3.66. The summed E-state index contributed by atoms with van der Waals surface area (Å²) in [5.74, 6) is 1.33. The predicted octanol–water partition coefficient (Wildman–Crippen LogP) is 4.94. The summed E-state index contributed by atoms with van der Waals surface area (Å²) in [6.07, 6.45) is 0.295. The second kappa shape index (κ2) is 8.60. The number of benzene rings is 2. The number of ether oxygens (including phenoxy) is 3. The fourth-order valence-corrected chi connectivity index (χ4v) is 2.43. The topological polar surface area (TPSA) is 44.8 Å². The van der Waals surface area contributed by atoms with E-state index >= 15 is 0 Å². The van der Waals surface area contributed by atoms with E-state index in [-0.39, 0.29) is 12.6 Å². The lowest BCUT2D eigenvalue weighted by atomic mass is 10.2. The van der Waals surface area contributed by atoms with Gasteiger partial charge >= 0.3 is 5.97 Å². The highest BCUT2D eigenvalue weighted by molar-refractivity contribution is 6.32. The summed E-state index contributed by atoms with van der Waals surface area (Å²) in [5, 5.41) is 0.538. The fraction of sp³-hybridized carbons (Fsp3) is 0.316. The highest BCUT2D eigenvalue weighted by atomic mass is 35.5. The summed E-state index contributed by atoms with van der Waals surface area (Å²) < 4.78 is 16.8. The van der Waals surface area contributed by atoms with Gasteiger partial charge in [0.15, 0.2) is 0 Å². The van der Waals surface area contributed by atoms with Crippen LogP contribution in [0, 0.1) is 6.92 Å². The van der Waals surface area contributed by atoms with Gasteiger partial charge in [0, 0.05) is 6.42 Å². The van der Waals surface area contributed by atoms with Gasteiger partial charge in [-0.1, -0.05) is 30.7 Å². The summed E-state index contributed by atoms with van der Waals surface area (Å²) in [7, 11) is 0. The Morgan fingerprint density at radius 3 is 2.46 bits per heavy atom. The zero-order valence-electron chi connectivity index (χ0n) is 14.1. The molecule has 0 saturated carbocycles. The zero-order valence-corrected chi connectivity index (χ0v) is 14.9. The van der Waals surface area contributed by atoms with E-state index < -0.39 is 0 Å². The first-order valence-corrected chi connectivity index (χ1v) is 8.27. The van der Waals surface area contributed by atoms with E-state index in [0.29, 0.717) is 40.9 Å². The molecular weight excluding hydrogens is 328 g/mol. The van der Waals surface area contributed by atoms with Gasteiger partial charge in [0.25, 0.3) is 0 Å². The van der Waals surface area contributed by atoms with Crippen LogP contribution >= 0.6 is 11.6 Å². The third kappa shape index (κ3) is 4.65. The van der Waals surface area contributed by atoms with Gasteiger partial charge in [0.05, 0.1) is 17.2 Å². The van der Waals surface area contributed by atoms with Crippen molar-refractivity contribution < 1.29 is 19.0 Å². The van der Waals surface area contributed by atoms with Crippen molar-refractivity contribution in [3.8, 4) is 17.2 Å². The second-order valence-corrected chi connectivity index (χ2v) is 5.62. The monoisotopic (exact) mass is 348 g/mol. The third-order valence-electron chi connectivity index (χ3n) is 3.36. The van der Waals surface area contributed by atoms with Crippen LogP contribution in [-0.4, -0.2) is 12.6 Å². The van der Waals surface area contributed by atoms with Crippen molar-refractivity contribution in [2.45, 2.75) is 33.8 Å². The zero-order chi connectivity index (χ0) is 17.5. The summed E-state index contributed by atoms with van der Waals surface area (Å²) in [6, 6.07) is 10.9. The molecule has 24 heavy (non-hydrogen) atoms. The van der Waals surface area contributed by atoms with Gasteiger partial charge in [-0.05, 0) is 43.7 Å². The molecule has 0 N–H and O–H groups in total. The van der Waals surface area contributed by atoms with E-state index in [1.165, 1.54) is 0 Å². The van der Waals surface area contributed by atoms with E-state index in [1.807, 2.05) is 38.1 Å². The lowest BCUT2D eigenvalue weighted by Gasteiger charge is -2.16. The number of hydrogen-bond donors (Lipinski definition) is 0. The van der Waals surface area contributed by atoms with E-state index in [1.54, 1.807) is 19.1 Å². The average molecular weight is 349 g/mol. The van der Waals surface area contributed by atoms with Crippen molar-refractivity contribution in [1.29, 1.82) is 0 Å². The Hall–Kier alpha value is -2.20. The Balaban J connectivity index is 2.26. The van der Waals surface area contributed by atoms with Gasteiger partial charge in [0.2, 0.25) is 0 Å². The molecule has 0 fully saturated rings. The van der Waals surface area contributed by atoms with Gasteiger partial charge in [-0.15, -0.1) is 0 Å². The largest absolute Gasteiger partial charge is 0.493 e. The number of hydrogen-bond acceptors (Lipinski definition) is 4. The van der Waals surface area contributed by atoms with E-state index in [9.17, 15) is 4.79 Å². The molecule has 5 heteroatoms. The van der Waals surface area contributed by atoms with Crippen LogP contribution in [0.2, 0.25) is 5.02 Å². The maximum atomic E-state index is 11.6. The van der Waals surface area contributed by atoms with Crippen molar-refractivity contribution in [2.75, 3.05) is 6.61 Å². The number of aryl methyl sites for hydroxylation is 1. The summed E-state index contributed by atoms with van der Waals surface area (Å²) in [4.78, 5) is 11.6. The van der Waals surface area contributed by atoms with Gasteiger partial charge < -0.3 is 14.2 Å². The highest BCUT2D eigenvalue weighted by Crippen LogP contribution is 2.32. The van der Waals surface area contributed by atoms with Crippen LogP contribution in [-0.2, 0) is 11.4 Å². The average Bonchev–Trinajstić information content (AvgIpc) is 2.56. The molecule has 0 aliphatic rings. The molecule has 4 nitrogen and oxygen atoms in total. The molecule has 0 aromatic heterocycles. The Labute approximate surface area is 147 Å². The summed E-state index contributed by atoms with van der Waals surface area (Å²) in [5.41, 5.74) is 1.73. The molecule has 2 aromatic carbocycles. The standard InChI is InChI=1S/C19H21ClO4/c1-4-19(21)24-17-8-6-7-16(22-5-2)14(17)12-23-18-10-9-13(3)11-15(18)20/h6-11H,4-5,12H2,1-3H3. The lowest BCUT2D eigenvalue weighted by Crippen LogP contribution is -2.10. The molecule has 0 unspecified atom stereocenters. The molecule has 0 aliphatic heterocycles. The second-order valence-electron chi connectivity index (χ2n) is 5.22. The van der Waals surface area contributed by atoms with Crippen LogP contribution in [0.3, 0.4) is 0 Å². The van der Waals surface area contributed by atoms with E-state index in [0.717, 1.165) is 5.56 Å². The molecule has 128 valence electrons. The summed E-state index contributed by atoms with van der Waals surface area (Å²) in [6.45, 7) is 6.29. The minimum Gasteiger partial charge on any atom is -0.493 e. The number of halogens is 1. The molecule has 0 atom stereocenters. The number of rotatable bonds is 7. The van der Waals surface area contributed by atoms with Crippen LogP contribution in [0.4, 0.5) is 0 Å². The molecule has 0 radical (unpaired) electrons. The molecule has 0 amide bonds. The van der Waals surface area contributed by atoms with Crippen molar-refractivity contribution in [3.05, 3.63) is 52.5 Å². The molecule has 0 saturated heterocycles. The fourth-order valence-electron chi connectivity index (χ4n) is 2.14. The van der Waals surface area contributed by atoms with Gasteiger partial charge in [0.1, 0.15) is 23.9 Å². The maximum absolute atomic E-state index is 11.6. The van der Waals surface area contributed by atoms with Crippen LogP contribution < -0.4 is 14.2 Å². The van der Waals surface area contributed by atoms with E-state index in [2.05, 4.69) is 0 Å². The first kappa shape index (κ1) is 18.1. The number of carbonyl (C=O) groups excluding carboxylic acids is 1. The van der Waals surface area contributed by atoms with Crippen LogP contribution in [0.5, 0.6) is 17.2 Å². The Morgan fingerprint density at radius 1 is 1.04 bits per heavy atom. The van der Waals surface area contributed by atoms with Crippen molar-refractivity contribution in [2.24, 2.45) is 0 Å². The molecular formula is C19H21ClO4. The van der Waals surface area contributed by atoms with Crippen LogP contribution in [0.25, 0.3) is 0 Å². The highest BCUT2D eigenvalue weighted by Gasteiger charge is 2.15. The normalized spacial score (nSPS) is 10.3. The van der Waals surface area contributed by atoms with Gasteiger partial charge in [-0.25, -0.2) is 0 Å². The molecule has 0 spiro atoms.